The number of hydrogen-bond donors (Lipinski definition) is 1. The lowest BCUT2D eigenvalue weighted by atomic mass is 10.0. The van der Waals surface area contributed by atoms with E-state index in [0.29, 0.717) is 19.8 Å². The molecule has 3 aromatic rings. The minimum Gasteiger partial charge on any atom is -0.489 e. The second kappa shape index (κ2) is 9.09. The highest BCUT2D eigenvalue weighted by Gasteiger charge is 2.04. The summed E-state index contributed by atoms with van der Waals surface area (Å²) in [5.74, 6) is 0.875. The van der Waals surface area contributed by atoms with Crippen molar-refractivity contribution in [1.29, 1.82) is 0 Å². The minimum atomic E-state index is 0.565. The highest BCUT2D eigenvalue weighted by molar-refractivity contribution is 5.85. The predicted molar refractivity (Wildman–Crippen MR) is 105 cm³/mol. The van der Waals surface area contributed by atoms with Crippen molar-refractivity contribution in [2.75, 3.05) is 31.7 Å². The van der Waals surface area contributed by atoms with E-state index < -0.39 is 0 Å². The number of para-hydroxylation sites is 2. The highest BCUT2D eigenvalue weighted by atomic mass is 16.5. The zero-order valence-electron chi connectivity index (χ0n) is 14.7. The molecule has 25 heavy (non-hydrogen) atoms. The van der Waals surface area contributed by atoms with Crippen LogP contribution in [0.15, 0.2) is 66.7 Å². The monoisotopic (exact) mass is 335 g/mol. The van der Waals surface area contributed by atoms with Gasteiger partial charge in [-0.25, -0.2) is 0 Å². The molecule has 0 spiro atoms. The molecule has 0 aliphatic rings. The summed E-state index contributed by atoms with van der Waals surface area (Å²) in [6.07, 6.45) is 0.967. The van der Waals surface area contributed by atoms with Gasteiger partial charge < -0.3 is 14.8 Å². The Morgan fingerprint density at radius 1 is 0.840 bits per heavy atom. The minimum absolute atomic E-state index is 0.565. The van der Waals surface area contributed by atoms with Crippen LogP contribution in [0, 0.1) is 0 Å². The van der Waals surface area contributed by atoms with Gasteiger partial charge in [0.1, 0.15) is 12.4 Å². The summed E-state index contributed by atoms with van der Waals surface area (Å²) in [5, 5.41) is 6.12. The zero-order chi connectivity index (χ0) is 17.3. The van der Waals surface area contributed by atoms with Crippen molar-refractivity contribution < 1.29 is 9.47 Å². The average Bonchev–Trinajstić information content (AvgIpc) is 2.66. The van der Waals surface area contributed by atoms with Gasteiger partial charge in [-0.2, -0.15) is 0 Å². The molecule has 0 bridgehead atoms. The van der Waals surface area contributed by atoms with Crippen molar-refractivity contribution in [3.8, 4) is 5.75 Å². The Morgan fingerprint density at radius 3 is 2.56 bits per heavy atom. The molecule has 0 aliphatic heterocycles. The van der Waals surface area contributed by atoms with Crippen molar-refractivity contribution >= 4 is 16.5 Å². The van der Waals surface area contributed by atoms with Gasteiger partial charge in [0.25, 0.3) is 0 Å². The molecule has 0 aromatic heterocycles. The summed E-state index contributed by atoms with van der Waals surface area (Å²) < 4.78 is 11.2. The number of fused-ring (bicyclic) bond motifs is 1. The van der Waals surface area contributed by atoms with Crippen molar-refractivity contribution in [3.63, 3.8) is 0 Å². The Morgan fingerprint density at radius 2 is 1.64 bits per heavy atom. The molecule has 0 saturated heterocycles. The van der Waals surface area contributed by atoms with Crippen LogP contribution in [0.3, 0.4) is 0 Å². The number of hydrogen-bond acceptors (Lipinski definition) is 3. The summed E-state index contributed by atoms with van der Waals surface area (Å²) in [4.78, 5) is 0. The number of benzene rings is 3. The lowest BCUT2D eigenvalue weighted by molar-refractivity contribution is 0.110. The van der Waals surface area contributed by atoms with Gasteiger partial charge >= 0.3 is 0 Å². The molecule has 0 heterocycles. The van der Waals surface area contributed by atoms with E-state index in [9.17, 15) is 0 Å². The van der Waals surface area contributed by atoms with Crippen molar-refractivity contribution in [2.24, 2.45) is 0 Å². The normalized spacial score (nSPS) is 10.8. The van der Waals surface area contributed by atoms with Crippen LogP contribution >= 0.6 is 0 Å². The van der Waals surface area contributed by atoms with Crippen molar-refractivity contribution in [1.82, 2.24) is 0 Å². The molecule has 130 valence electrons. The third-order valence-electron chi connectivity index (χ3n) is 4.17. The maximum Gasteiger partial charge on any atom is 0.142 e. The zero-order valence-corrected chi connectivity index (χ0v) is 14.7. The van der Waals surface area contributed by atoms with Crippen LogP contribution in [0.25, 0.3) is 10.8 Å². The van der Waals surface area contributed by atoms with E-state index in [1.54, 1.807) is 0 Å². The van der Waals surface area contributed by atoms with Gasteiger partial charge in [0.2, 0.25) is 0 Å². The van der Waals surface area contributed by atoms with Gasteiger partial charge in [0.15, 0.2) is 0 Å². The second-order valence-electron chi connectivity index (χ2n) is 5.86. The molecule has 3 nitrogen and oxygen atoms in total. The SMILES string of the molecule is CCOCCOc1ccccc1NCCc1cccc2ccccc12. The van der Waals surface area contributed by atoms with E-state index in [-0.39, 0.29) is 0 Å². The van der Waals surface area contributed by atoms with Gasteiger partial charge in [0, 0.05) is 13.2 Å². The first-order valence-corrected chi connectivity index (χ1v) is 8.88. The maximum absolute atomic E-state index is 5.82. The predicted octanol–water partition coefficient (Wildman–Crippen LogP) is 4.91. The average molecular weight is 335 g/mol. The van der Waals surface area contributed by atoms with Crippen molar-refractivity contribution in [2.45, 2.75) is 13.3 Å². The lowest BCUT2D eigenvalue weighted by Gasteiger charge is -2.14. The van der Waals surface area contributed by atoms with Gasteiger partial charge in [-0.3, -0.25) is 0 Å². The molecule has 0 aliphatic carbocycles. The van der Waals surface area contributed by atoms with Crippen LogP contribution in [0.5, 0.6) is 5.75 Å². The van der Waals surface area contributed by atoms with Crippen LogP contribution in [-0.4, -0.2) is 26.4 Å². The number of rotatable bonds is 9. The summed E-state index contributed by atoms with van der Waals surface area (Å²) in [6.45, 7) is 4.74. The van der Waals surface area contributed by atoms with E-state index in [2.05, 4.69) is 53.8 Å². The summed E-state index contributed by atoms with van der Waals surface area (Å²) in [5.41, 5.74) is 2.39. The molecule has 1 N–H and O–H groups in total. The molecule has 0 radical (unpaired) electrons. The van der Waals surface area contributed by atoms with E-state index >= 15 is 0 Å². The van der Waals surface area contributed by atoms with E-state index in [0.717, 1.165) is 24.4 Å². The topological polar surface area (TPSA) is 30.5 Å². The Bertz CT molecular complexity index is 795. The van der Waals surface area contributed by atoms with Gasteiger partial charge in [-0.05, 0) is 41.8 Å². The molecule has 0 saturated carbocycles. The fourth-order valence-electron chi connectivity index (χ4n) is 2.94. The standard InChI is InChI=1S/C22H25NO2/c1-2-24-16-17-25-22-13-6-5-12-21(22)23-15-14-19-10-7-9-18-8-3-4-11-20(18)19/h3-13,23H,2,14-17H2,1H3. The molecular formula is C22H25NO2. The number of anilines is 1. The molecule has 3 aromatic carbocycles. The second-order valence-corrected chi connectivity index (χ2v) is 5.86. The molecule has 0 unspecified atom stereocenters. The highest BCUT2D eigenvalue weighted by Crippen LogP contribution is 2.24. The van der Waals surface area contributed by atoms with Crippen LogP contribution < -0.4 is 10.1 Å². The molecule has 3 rings (SSSR count). The Kier molecular flexibility index (Phi) is 6.29. The van der Waals surface area contributed by atoms with Crippen LogP contribution in [-0.2, 0) is 11.2 Å². The smallest absolute Gasteiger partial charge is 0.142 e. The summed E-state index contributed by atoms with van der Waals surface area (Å²) in [7, 11) is 0. The fourth-order valence-corrected chi connectivity index (χ4v) is 2.94. The van der Waals surface area contributed by atoms with E-state index in [1.807, 2.05) is 25.1 Å². The Labute approximate surface area is 149 Å². The van der Waals surface area contributed by atoms with E-state index in [1.165, 1.54) is 16.3 Å². The first-order valence-electron chi connectivity index (χ1n) is 8.88. The lowest BCUT2D eigenvalue weighted by Crippen LogP contribution is -2.10. The summed E-state index contributed by atoms with van der Waals surface area (Å²) in [6, 6.07) is 23.1. The fraction of sp³-hybridized carbons (Fsp3) is 0.273. The van der Waals surface area contributed by atoms with Gasteiger partial charge in [-0.1, -0.05) is 54.6 Å². The van der Waals surface area contributed by atoms with Crippen LogP contribution in [0.4, 0.5) is 5.69 Å². The maximum atomic E-state index is 5.82. The molecular weight excluding hydrogens is 310 g/mol. The largest absolute Gasteiger partial charge is 0.489 e. The van der Waals surface area contributed by atoms with Gasteiger partial charge in [-0.15, -0.1) is 0 Å². The number of ether oxygens (including phenoxy) is 2. The first-order chi connectivity index (χ1) is 12.4. The third-order valence-corrected chi connectivity index (χ3v) is 4.17. The number of nitrogens with one attached hydrogen (secondary N) is 1. The van der Waals surface area contributed by atoms with Crippen molar-refractivity contribution in [3.05, 3.63) is 72.3 Å². The molecule has 3 heteroatoms. The summed E-state index contributed by atoms with van der Waals surface area (Å²) >= 11 is 0. The Hall–Kier alpha value is -2.52. The molecule has 0 fully saturated rings. The quantitative estimate of drug-likeness (QED) is 0.564. The van der Waals surface area contributed by atoms with Gasteiger partial charge in [0.05, 0.1) is 12.3 Å². The molecule has 0 amide bonds. The molecule has 0 atom stereocenters. The van der Waals surface area contributed by atoms with E-state index in [4.69, 9.17) is 9.47 Å². The van der Waals surface area contributed by atoms with Crippen LogP contribution in [0.2, 0.25) is 0 Å². The third kappa shape index (κ3) is 4.74. The first kappa shape index (κ1) is 17.3. The van der Waals surface area contributed by atoms with Crippen LogP contribution in [0.1, 0.15) is 12.5 Å². The Balaban J connectivity index is 1.60.